The average molecular weight is 253 g/mol. The van der Waals surface area contributed by atoms with Crippen molar-refractivity contribution in [3.8, 4) is 0 Å². The highest BCUT2D eigenvalue weighted by molar-refractivity contribution is 5.91. The number of carbonyl (C=O) groups excluding carboxylic acids is 1. The van der Waals surface area contributed by atoms with E-state index in [4.69, 9.17) is 10.2 Å². The molecule has 0 aliphatic carbocycles. The molecule has 0 bridgehead atoms. The van der Waals surface area contributed by atoms with Crippen LogP contribution in [0.1, 0.15) is 12.0 Å². The quantitative estimate of drug-likeness (QED) is 0.586. The topological polar surface area (TPSA) is 104 Å². The maximum Gasteiger partial charge on any atom is 0.332 e. The second-order valence-corrected chi connectivity index (χ2v) is 3.71. The van der Waals surface area contributed by atoms with Gasteiger partial charge in [0.25, 0.3) is 0 Å². The normalized spacial score (nSPS) is 12.6. The number of carboxylic acid groups (broad SMARTS) is 1. The Morgan fingerprint density at radius 2 is 2.33 bits per heavy atom. The van der Waals surface area contributed by atoms with Crippen molar-refractivity contribution in [3.63, 3.8) is 0 Å². The number of aliphatic hydroxyl groups excluding tert-OH is 1. The van der Waals surface area contributed by atoms with Crippen molar-refractivity contribution in [2.45, 2.75) is 12.5 Å². The van der Waals surface area contributed by atoms with E-state index in [-0.39, 0.29) is 18.9 Å². The van der Waals surface area contributed by atoms with Gasteiger partial charge in [-0.3, -0.25) is 9.48 Å². The lowest BCUT2D eigenvalue weighted by Gasteiger charge is -2.05. The lowest BCUT2D eigenvalue weighted by molar-refractivity contribution is -0.147. The molecule has 1 aromatic heterocycles. The summed E-state index contributed by atoms with van der Waals surface area (Å²) < 4.78 is 1.61. The van der Waals surface area contributed by atoms with Crippen LogP contribution >= 0.6 is 0 Å². The van der Waals surface area contributed by atoms with Gasteiger partial charge in [0, 0.05) is 37.8 Å². The monoisotopic (exact) mass is 253 g/mol. The van der Waals surface area contributed by atoms with Crippen LogP contribution in [0, 0.1) is 0 Å². The Morgan fingerprint density at radius 1 is 1.61 bits per heavy atom. The number of nitrogens with one attached hydrogen (secondary N) is 1. The van der Waals surface area contributed by atoms with Gasteiger partial charge >= 0.3 is 5.97 Å². The van der Waals surface area contributed by atoms with Gasteiger partial charge in [-0.2, -0.15) is 5.10 Å². The number of carboxylic acids is 1. The molecule has 0 radical (unpaired) electrons. The first-order valence-corrected chi connectivity index (χ1v) is 5.34. The van der Waals surface area contributed by atoms with Gasteiger partial charge in [-0.15, -0.1) is 0 Å². The molecule has 0 aliphatic heterocycles. The first-order chi connectivity index (χ1) is 8.49. The van der Waals surface area contributed by atoms with Crippen LogP contribution in [0.2, 0.25) is 0 Å². The molecule has 1 amide bonds. The Bertz CT molecular complexity index is 453. The van der Waals surface area contributed by atoms with Crippen molar-refractivity contribution in [3.05, 3.63) is 24.0 Å². The first-order valence-electron chi connectivity index (χ1n) is 5.34. The minimum atomic E-state index is -1.45. The van der Waals surface area contributed by atoms with Gasteiger partial charge in [0.2, 0.25) is 5.91 Å². The first kappa shape index (κ1) is 13.9. The summed E-state index contributed by atoms with van der Waals surface area (Å²) in [4.78, 5) is 21.6. The fourth-order valence-electron chi connectivity index (χ4n) is 1.21. The molecule has 98 valence electrons. The van der Waals surface area contributed by atoms with Crippen LogP contribution in [0.15, 0.2) is 18.5 Å². The SMILES string of the molecule is Cn1cc(/C=C/C(=O)NCCC(O)C(=O)O)cn1. The summed E-state index contributed by atoms with van der Waals surface area (Å²) in [7, 11) is 1.77. The van der Waals surface area contributed by atoms with Crippen LogP contribution in [0.3, 0.4) is 0 Å². The molecule has 1 unspecified atom stereocenters. The highest BCUT2D eigenvalue weighted by Gasteiger charge is 2.12. The molecule has 1 aromatic rings. The van der Waals surface area contributed by atoms with Crippen LogP contribution < -0.4 is 5.32 Å². The van der Waals surface area contributed by atoms with Crippen molar-refractivity contribution in [2.24, 2.45) is 7.05 Å². The third kappa shape index (κ3) is 4.79. The Balaban J connectivity index is 2.30. The van der Waals surface area contributed by atoms with E-state index in [9.17, 15) is 9.59 Å². The van der Waals surface area contributed by atoms with E-state index in [0.29, 0.717) is 0 Å². The van der Waals surface area contributed by atoms with Crippen molar-refractivity contribution in [1.82, 2.24) is 15.1 Å². The standard InChI is InChI=1S/C11H15N3O4/c1-14-7-8(6-13-14)2-3-10(16)12-5-4-9(15)11(17)18/h2-3,6-7,9,15H,4-5H2,1H3,(H,12,16)(H,17,18)/b3-2+. The van der Waals surface area contributed by atoms with Gasteiger partial charge < -0.3 is 15.5 Å². The number of aliphatic carboxylic acids is 1. The third-order valence-electron chi connectivity index (χ3n) is 2.15. The molecule has 0 aliphatic rings. The Kier molecular flexibility index (Phi) is 5.06. The smallest absolute Gasteiger partial charge is 0.332 e. The molecule has 0 fully saturated rings. The molecule has 1 atom stereocenters. The van der Waals surface area contributed by atoms with E-state index in [0.717, 1.165) is 5.56 Å². The number of hydrogen-bond acceptors (Lipinski definition) is 4. The van der Waals surface area contributed by atoms with Crippen molar-refractivity contribution in [1.29, 1.82) is 0 Å². The summed E-state index contributed by atoms with van der Waals surface area (Å²) >= 11 is 0. The fourth-order valence-corrected chi connectivity index (χ4v) is 1.21. The van der Waals surface area contributed by atoms with E-state index in [1.165, 1.54) is 6.08 Å². The summed E-state index contributed by atoms with van der Waals surface area (Å²) in [5, 5.41) is 23.8. The Morgan fingerprint density at radius 3 is 2.89 bits per heavy atom. The van der Waals surface area contributed by atoms with Crippen LogP contribution in [0.4, 0.5) is 0 Å². The molecule has 3 N–H and O–H groups in total. The molecular weight excluding hydrogens is 238 g/mol. The molecular formula is C11H15N3O4. The van der Waals surface area contributed by atoms with E-state index < -0.39 is 12.1 Å². The van der Waals surface area contributed by atoms with Gasteiger partial charge in [-0.1, -0.05) is 0 Å². The minimum Gasteiger partial charge on any atom is -0.479 e. The van der Waals surface area contributed by atoms with Gasteiger partial charge in [-0.25, -0.2) is 4.79 Å². The summed E-state index contributed by atoms with van der Waals surface area (Å²) in [6.07, 6.45) is 4.80. The van der Waals surface area contributed by atoms with Crippen molar-refractivity contribution < 1.29 is 19.8 Å². The number of rotatable bonds is 6. The van der Waals surface area contributed by atoms with Gasteiger partial charge in [-0.05, 0) is 6.08 Å². The molecule has 0 saturated carbocycles. The zero-order valence-corrected chi connectivity index (χ0v) is 9.91. The molecule has 7 nitrogen and oxygen atoms in total. The lowest BCUT2D eigenvalue weighted by Crippen LogP contribution is -2.28. The van der Waals surface area contributed by atoms with Crippen molar-refractivity contribution in [2.75, 3.05) is 6.54 Å². The highest BCUT2D eigenvalue weighted by atomic mass is 16.4. The van der Waals surface area contributed by atoms with Gasteiger partial charge in [0.05, 0.1) is 6.20 Å². The van der Waals surface area contributed by atoms with E-state index >= 15 is 0 Å². The largest absolute Gasteiger partial charge is 0.479 e. The summed E-state index contributed by atoms with van der Waals surface area (Å²) in [6.45, 7) is 0.101. The molecule has 0 saturated heterocycles. The fraction of sp³-hybridized carbons (Fsp3) is 0.364. The number of aromatic nitrogens is 2. The van der Waals surface area contributed by atoms with E-state index in [1.54, 1.807) is 30.2 Å². The minimum absolute atomic E-state index is 0.0260. The Labute approximate surface area is 104 Å². The average Bonchev–Trinajstić information content (AvgIpc) is 2.72. The highest BCUT2D eigenvalue weighted by Crippen LogP contribution is 1.98. The lowest BCUT2D eigenvalue weighted by atomic mass is 10.2. The number of nitrogens with zero attached hydrogens (tertiary/aromatic N) is 2. The maximum absolute atomic E-state index is 11.3. The molecule has 0 spiro atoms. The summed E-state index contributed by atoms with van der Waals surface area (Å²) in [6, 6.07) is 0. The molecule has 18 heavy (non-hydrogen) atoms. The predicted molar refractivity (Wildman–Crippen MR) is 63.5 cm³/mol. The second-order valence-electron chi connectivity index (χ2n) is 3.71. The van der Waals surface area contributed by atoms with Gasteiger partial charge in [0.1, 0.15) is 0 Å². The van der Waals surface area contributed by atoms with Crippen LogP contribution in [0.25, 0.3) is 6.08 Å². The number of aliphatic hydroxyl groups is 1. The third-order valence-corrected chi connectivity index (χ3v) is 2.15. The number of amides is 1. The molecule has 1 rings (SSSR count). The number of carbonyl (C=O) groups is 2. The zero-order chi connectivity index (χ0) is 13.5. The van der Waals surface area contributed by atoms with Gasteiger partial charge in [0.15, 0.2) is 6.10 Å². The molecule has 7 heteroatoms. The number of hydrogen-bond donors (Lipinski definition) is 3. The van der Waals surface area contributed by atoms with Crippen molar-refractivity contribution >= 4 is 18.0 Å². The maximum atomic E-state index is 11.3. The summed E-state index contributed by atoms with van der Waals surface area (Å²) in [5.41, 5.74) is 0.790. The van der Waals surface area contributed by atoms with Crippen LogP contribution in [-0.4, -0.2) is 44.5 Å². The van der Waals surface area contributed by atoms with E-state index in [1.807, 2.05) is 0 Å². The zero-order valence-electron chi connectivity index (χ0n) is 9.91. The van der Waals surface area contributed by atoms with Crippen LogP contribution in [0.5, 0.6) is 0 Å². The predicted octanol–water partition coefficient (Wildman–Crippen LogP) is -0.615. The van der Waals surface area contributed by atoms with Crippen LogP contribution in [-0.2, 0) is 16.6 Å². The molecule has 1 heterocycles. The second kappa shape index (κ2) is 6.55. The molecule has 0 aromatic carbocycles. The Hall–Kier alpha value is -2.15. The number of aryl methyl sites for hydroxylation is 1. The van der Waals surface area contributed by atoms with E-state index in [2.05, 4.69) is 10.4 Å². The summed E-state index contributed by atoms with van der Waals surface area (Å²) in [5.74, 6) is -1.65.